The molecule has 0 aromatic carbocycles. The van der Waals surface area contributed by atoms with E-state index in [1.807, 2.05) is 0 Å². The molecule has 6 atom stereocenters. The van der Waals surface area contributed by atoms with Gasteiger partial charge in [0.15, 0.2) is 6.29 Å². The summed E-state index contributed by atoms with van der Waals surface area (Å²) in [6.07, 6.45) is 42.4. The molecule has 1 aliphatic rings. The van der Waals surface area contributed by atoms with Crippen molar-refractivity contribution < 1.29 is 44.2 Å². The van der Waals surface area contributed by atoms with Crippen LogP contribution in [-0.2, 0) is 23.7 Å². The van der Waals surface area contributed by atoms with E-state index >= 15 is 0 Å². The standard InChI is InChI=1S/C48H84O9/c1-3-5-7-9-11-13-15-17-18-19-20-21-22-23-24-25-27-29-31-33-35-37-44(50)56-42(41-55-48-47(53)46(52)45(51)43(39-49)57-48)40-54-38-36-34-32-30-28-26-16-14-12-10-8-6-4-2/h5,7,11-14,17-18,20-21,42-43,45-49,51-53H,3-4,6,8-10,15-16,19,22-41H2,1-2H3/b7-5-,13-11-,14-12-,18-17-,21-20-. The summed E-state index contributed by atoms with van der Waals surface area (Å²) in [5.74, 6) is -0.326. The molecular formula is C48H84O9. The predicted octanol–water partition coefficient (Wildman–Crippen LogP) is 10.3. The first-order valence-corrected chi connectivity index (χ1v) is 22.9. The smallest absolute Gasteiger partial charge is 0.306 e. The van der Waals surface area contributed by atoms with Crippen LogP contribution in [0.15, 0.2) is 60.8 Å². The quantitative estimate of drug-likeness (QED) is 0.0273. The summed E-state index contributed by atoms with van der Waals surface area (Å²) in [7, 11) is 0. The number of aliphatic hydroxyl groups excluding tert-OH is 4. The third-order valence-electron chi connectivity index (χ3n) is 10.2. The maximum Gasteiger partial charge on any atom is 0.306 e. The van der Waals surface area contributed by atoms with E-state index in [0.29, 0.717) is 13.0 Å². The number of rotatable bonds is 38. The Morgan fingerprint density at radius 1 is 0.579 bits per heavy atom. The molecule has 0 aliphatic carbocycles. The largest absolute Gasteiger partial charge is 0.457 e. The minimum absolute atomic E-state index is 0.121. The lowest BCUT2D eigenvalue weighted by Gasteiger charge is -2.39. The molecule has 1 rings (SSSR count). The maximum atomic E-state index is 12.8. The minimum atomic E-state index is -1.54. The molecule has 0 saturated carbocycles. The Morgan fingerprint density at radius 3 is 1.63 bits per heavy atom. The molecule has 0 aromatic heterocycles. The van der Waals surface area contributed by atoms with Crippen LogP contribution in [0.4, 0.5) is 0 Å². The normalized spacial score (nSPS) is 21.0. The molecule has 1 fully saturated rings. The molecule has 0 aromatic rings. The van der Waals surface area contributed by atoms with Crippen molar-refractivity contribution in [3.63, 3.8) is 0 Å². The molecule has 1 heterocycles. The zero-order chi connectivity index (χ0) is 41.4. The molecular weight excluding hydrogens is 721 g/mol. The first-order chi connectivity index (χ1) is 27.9. The summed E-state index contributed by atoms with van der Waals surface area (Å²) >= 11 is 0. The first-order valence-electron chi connectivity index (χ1n) is 22.9. The van der Waals surface area contributed by atoms with Crippen molar-refractivity contribution in [2.45, 2.75) is 211 Å². The van der Waals surface area contributed by atoms with Gasteiger partial charge >= 0.3 is 5.97 Å². The molecule has 1 saturated heterocycles. The summed E-state index contributed by atoms with van der Waals surface area (Å²) < 4.78 is 22.8. The van der Waals surface area contributed by atoms with E-state index in [-0.39, 0.29) is 19.2 Å². The van der Waals surface area contributed by atoms with E-state index in [1.165, 1.54) is 77.0 Å². The fourth-order valence-electron chi connectivity index (χ4n) is 6.59. The van der Waals surface area contributed by atoms with E-state index in [0.717, 1.165) is 77.0 Å². The van der Waals surface area contributed by atoms with Gasteiger partial charge in [-0.05, 0) is 77.0 Å². The predicted molar refractivity (Wildman–Crippen MR) is 233 cm³/mol. The highest BCUT2D eigenvalue weighted by Crippen LogP contribution is 2.22. The monoisotopic (exact) mass is 805 g/mol. The second-order valence-electron chi connectivity index (χ2n) is 15.5. The average Bonchev–Trinajstić information content (AvgIpc) is 3.21. The van der Waals surface area contributed by atoms with Crippen molar-refractivity contribution in [2.75, 3.05) is 26.4 Å². The summed E-state index contributed by atoms with van der Waals surface area (Å²) in [5.41, 5.74) is 0. The topological polar surface area (TPSA) is 135 Å². The molecule has 0 radical (unpaired) electrons. The number of hydrogen-bond acceptors (Lipinski definition) is 9. The molecule has 0 bridgehead atoms. The van der Waals surface area contributed by atoms with Crippen molar-refractivity contribution in [1.82, 2.24) is 0 Å². The summed E-state index contributed by atoms with van der Waals surface area (Å²) in [6, 6.07) is 0. The van der Waals surface area contributed by atoms with E-state index < -0.39 is 43.4 Å². The third-order valence-corrected chi connectivity index (χ3v) is 10.2. The Balaban J connectivity index is 2.25. The zero-order valence-corrected chi connectivity index (χ0v) is 36.1. The maximum absolute atomic E-state index is 12.8. The van der Waals surface area contributed by atoms with Gasteiger partial charge in [-0.2, -0.15) is 0 Å². The van der Waals surface area contributed by atoms with Crippen LogP contribution in [0.3, 0.4) is 0 Å². The molecule has 57 heavy (non-hydrogen) atoms. The van der Waals surface area contributed by atoms with Crippen LogP contribution in [-0.4, -0.2) is 89.6 Å². The van der Waals surface area contributed by atoms with Gasteiger partial charge in [-0.1, -0.05) is 152 Å². The molecule has 0 amide bonds. The van der Waals surface area contributed by atoms with Gasteiger partial charge in [0, 0.05) is 13.0 Å². The molecule has 330 valence electrons. The van der Waals surface area contributed by atoms with Crippen molar-refractivity contribution in [1.29, 1.82) is 0 Å². The summed E-state index contributed by atoms with van der Waals surface area (Å²) in [6.45, 7) is 4.39. The van der Waals surface area contributed by atoms with Crippen LogP contribution in [0, 0.1) is 0 Å². The van der Waals surface area contributed by atoms with Crippen LogP contribution in [0.25, 0.3) is 0 Å². The van der Waals surface area contributed by atoms with E-state index in [4.69, 9.17) is 18.9 Å². The lowest BCUT2D eigenvalue weighted by Crippen LogP contribution is -2.59. The molecule has 6 unspecified atom stereocenters. The van der Waals surface area contributed by atoms with Crippen molar-refractivity contribution in [3.05, 3.63) is 60.8 Å². The van der Waals surface area contributed by atoms with Crippen LogP contribution >= 0.6 is 0 Å². The number of esters is 1. The SMILES string of the molecule is CC/C=C\C/C=C\C/C=C\C/C=C\CCCCCCCCCCC(=O)OC(COCCCCCCCC/C=C\CCCCC)COC1OC(CO)C(O)C(O)C1O. The number of ether oxygens (including phenoxy) is 4. The first kappa shape index (κ1) is 52.9. The fraction of sp³-hybridized carbons (Fsp3) is 0.771. The van der Waals surface area contributed by atoms with Crippen molar-refractivity contribution in [2.24, 2.45) is 0 Å². The second-order valence-corrected chi connectivity index (χ2v) is 15.5. The number of carbonyl (C=O) groups is 1. The lowest BCUT2D eigenvalue weighted by molar-refractivity contribution is -0.305. The van der Waals surface area contributed by atoms with Gasteiger partial charge < -0.3 is 39.4 Å². The third kappa shape index (κ3) is 30.6. The molecule has 0 spiro atoms. The summed E-state index contributed by atoms with van der Waals surface area (Å²) in [4.78, 5) is 12.8. The van der Waals surface area contributed by atoms with Crippen LogP contribution < -0.4 is 0 Å². The average molecular weight is 805 g/mol. The van der Waals surface area contributed by atoms with Crippen molar-refractivity contribution >= 4 is 5.97 Å². The van der Waals surface area contributed by atoms with Crippen LogP contribution in [0.2, 0.25) is 0 Å². The van der Waals surface area contributed by atoms with E-state index in [9.17, 15) is 25.2 Å². The molecule has 9 heteroatoms. The number of aliphatic hydroxyl groups is 4. The van der Waals surface area contributed by atoms with Gasteiger partial charge in [0.1, 0.15) is 30.5 Å². The van der Waals surface area contributed by atoms with Crippen LogP contribution in [0.5, 0.6) is 0 Å². The number of unbranched alkanes of at least 4 members (excludes halogenated alkanes) is 17. The number of hydrogen-bond donors (Lipinski definition) is 4. The van der Waals surface area contributed by atoms with Gasteiger partial charge in [0.05, 0.1) is 19.8 Å². The van der Waals surface area contributed by atoms with Gasteiger partial charge in [-0.3, -0.25) is 4.79 Å². The van der Waals surface area contributed by atoms with Crippen LogP contribution in [0.1, 0.15) is 174 Å². The van der Waals surface area contributed by atoms with Gasteiger partial charge in [-0.25, -0.2) is 0 Å². The highest BCUT2D eigenvalue weighted by atomic mass is 16.7. The Bertz CT molecular complexity index is 1050. The van der Waals surface area contributed by atoms with Crippen molar-refractivity contribution in [3.8, 4) is 0 Å². The lowest BCUT2D eigenvalue weighted by atomic mass is 9.99. The highest BCUT2D eigenvalue weighted by Gasteiger charge is 2.44. The minimum Gasteiger partial charge on any atom is -0.457 e. The van der Waals surface area contributed by atoms with Gasteiger partial charge in [0.2, 0.25) is 0 Å². The molecule has 9 nitrogen and oxygen atoms in total. The molecule has 4 N–H and O–H groups in total. The van der Waals surface area contributed by atoms with Gasteiger partial charge in [0.25, 0.3) is 0 Å². The Kier molecular flexibility index (Phi) is 36.5. The Labute approximate surface area is 347 Å². The zero-order valence-electron chi connectivity index (χ0n) is 36.1. The van der Waals surface area contributed by atoms with Gasteiger partial charge in [-0.15, -0.1) is 0 Å². The number of carbonyl (C=O) groups excluding carboxylic acids is 1. The Hall–Kier alpha value is -2.11. The summed E-state index contributed by atoms with van der Waals surface area (Å²) in [5, 5.41) is 40.1. The number of allylic oxidation sites excluding steroid dienone is 10. The second kappa shape index (κ2) is 39.4. The fourth-order valence-corrected chi connectivity index (χ4v) is 6.59. The van der Waals surface area contributed by atoms with E-state index in [2.05, 4.69) is 74.6 Å². The highest BCUT2D eigenvalue weighted by molar-refractivity contribution is 5.69. The molecule has 1 aliphatic heterocycles. The van der Waals surface area contributed by atoms with E-state index in [1.54, 1.807) is 0 Å². The Morgan fingerprint density at radius 2 is 1.07 bits per heavy atom.